The zero-order valence-corrected chi connectivity index (χ0v) is 18.4. The zero-order valence-electron chi connectivity index (χ0n) is 17.7. The number of carbonyl (C=O) groups excluding carboxylic acids is 1. The summed E-state index contributed by atoms with van der Waals surface area (Å²) in [5.41, 5.74) is 11.7. The second-order valence-electron chi connectivity index (χ2n) is 7.38. The molecule has 0 aromatic heterocycles. The van der Waals surface area contributed by atoms with Gasteiger partial charge in [0.1, 0.15) is 12.4 Å². The number of carbonyl (C=O) groups is 1. The number of rotatable bonds is 5. The molecule has 3 aromatic rings. The van der Waals surface area contributed by atoms with Crippen molar-refractivity contribution in [3.63, 3.8) is 0 Å². The topological polar surface area (TPSA) is 73.6 Å². The minimum Gasteiger partial charge on any atom is -0.495 e. The van der Waals surface area contributed by atoms with E-state index in [0.717, 1.165) is 0 Å². The Bertz CT molecular complexity index is 1170. The van der Waals surface area contributed by atoms with Crippen LogP contribution in [0.4, 0.5) is 10.5 Å². The highest BCUT2D eigenvalue weighted by Gasteiger charge is 2.28. The fourth-order valence-corrected chi connectivity index (χ4v) is 4.09. The first-order valence-electron chi connectivity index (χ1n) is 10.3. The standard InChI is InChI=1S/C26H23ClN2O3/c1-31-25-14-17(23(27)15-24(25)28)8-6-7-13-29-26(30)32-16-22-20-11-4-2-9-18(20)19-10-3-5-12-21(19)22/h2-5,9-12,14-15,22H,7,13,16,28H2,1H3,(H,29,30). The van der Waals surface area contributed by atoms with Crippen molar-refractivity contribution in [3.05, 3.63) is 82.4 Å². The van der Waals surface area contributed by atoms with Gasteiger partial charge < -0.3 is 20.5 Å². The number of benzene rings is 3. The molecule has 0 spiro atoms. The lowest BCUT2D eigenvalue weighted by Gasteiger charge is -2.14. The Morgan fingerprint density at radius 2 is 1.75 bits per heavy atom. The van der Waals surface area contributed by atoms with Crippen LogP contribution >= 0.6 is 11.6 Å². The maximum absolute atomic E-state index is 12.2. The van der Waals surface area contributed by atoms with E-state index >= 15 is 0 Å². The Morgan fingerprint density at radius 3 is 2.41 bits per heavy atom. The van der Waals surface area contributed by atoms with Crippen LogP contribution in [0.25, 0.3) is 11.1 Å². The molecule has 3 aromatic carbocycles. The largest absolute Gasteiger partial charge is 0.495 e. The van der Waals surface area contributed by atoms with Crippen molar-refractivity contribution >= 4 is 23.4 Å². The molecule has 3 N–H and O–H groups in total. The van der Waals surface area contributed by atoms with Crippen LogP contribution in [0.15, 0.2) is 60.7 Å². The summed E-state index contributed by atoms with van der Waals surface area (Å²) in [6, 6.07) is 19.8. The van der Waals surface area contributed by atoms with E-state index in [1.54, 1.807) is 12.1 Å². The van der Waals surface area contributed by atoms with Gasteiger partial charge in [-0.05, 0) is 34.4 Å². The van der Waals surface area contributed by atoms with Crippen LogP contribution < -0.4 is 15.8 Å². The minimum atomic E-state index is -0.458. The van der Waals surface area contributed by atoms with Crippen molar-refractivity contribution in [2.24, 2.45) is 0 Å². The summed E-state index contributed by atoms with van der Waals surface area (Å²) in [5.74, 6) is 6.53. The van der Waals surface area contributed by atoms with Crippen molar-refractivity contribution in [2.45, 2.75) is 12.3 Å². The third kappa shape index (κ3) is 4.51. The van der Waals surface area contributed by atoms with Crippen LogP contribution in [0, 0.1) is 11.8 Å². The maximum Gasteiger partial charge on any atom is 0.407 e. The van der Waals surface area contributed by atoms with Gasteiger partial charge in [-0.25, -0.2) is 4.79 Å². The van der Waals surface area contributed by atoms with Gasteiger partial charge in [0, 0.05) is 24.4 Å². The van der Waals surface area contributed by atoms with E-state index in [9.17, 15) is 4.79 Å². The molecule has 0 aliphatic heterocycles. The highest BCUT2D eigenvalue weighted by molar-refractivity contribution is 6.32. The van der Waals surface area contributed by atoms with Crippen LogP contribution in [-0.2, 0) is 4.74 Å². The Balaban J connectivity index is 1.30. The molecular formula is C26H23ClN2O3. The van der Waals surface area contributed by atoms with Gasteiger partial charge in [0.25, 0.3) is 0 Å². The predicted octanol–water partition coefficient (Wildman–Crippen LogP) is 5.21. The molecule has 0 fully saturated rings. The summed E-state index contributed by atoms with van der Waals surface area (Å²) in [5, 5.41) is 3.20. The lowest BCUT2D eigenvalue weighted by atomic mass is 9.98. The molecule has 32 heavy (non-hydrogen) atoms. The summed E-state index contributed by atoms with van der Waals surface area (Å²) in [7, 11) is 1.54. The first kappa shape index (κ1) is 21.6. The van der Waals surface area contributed by atoms with Gasteiger partial charge in [-0.1, -0.05) is 72.0 Å². The minimum absolute atomic E-state index is 0.0376. The summed E-state index contributed by atoms with van der Waals surface area (Å²) >= 11 is 6.17. The average Bonchev–Trinajstić information content (AvgIpc) is 3.12. The number of amides is 1. The number of methoxy groups -OCH3 is 1. The molecule has 0 atom stereocenters. The molecule has 0 radical (unpaired) electrons. The highest BCUT2D eigenvalue weighted by atomic mass is 35.5. The van der Waals surface area contributed by atoms with E-state index in [1.807, 2.05) is 24.3 Å². The normalized spacial score (nSPS) is 11.7. The number of nitrogen functional groups attached to an aromatic ring is 1. The van der Waals surface area contributed by atoms with E-state index in [0.29, 0.717) is 35.0 Å². The summed E-state index contributed by atoms with van der Waals surface area (Å²) in [4.78, 5) is 12.2. The van der Waals surface area contributed by atoms with Crippen molar-refractivity contribution in [1.82, 2.24) is 5.32 Å². The first-order chi connectivity index (χ1) is 15.6. The number of nitrogens with one attached hydrogen (secondary N) is 1. The van der Waals surface area contributed by atoms with E-state index < -0.39 is 6.09 Å². The third-order valence-corrected chi connectivity index (χ3v) is 5.72. The van der Waals surface area contributed by atoms with E-state index in [-0.39, 0.29) is 12.5 Å². The molecule has 0 unspecified atom stereocenters. The fraction of sp³-hybridized carbons (Fsp3) is 0.192. The van der Waals surface area contributed by atoms with Crippen LogP contribution in [0.5, 0.6) is 5.75 Å². The molecule has 0 saturated carbocycles. The Hall–Kier alpha value is -3.62. The molecule has 1 aliphatic rings. The van der Waals surface area contributed by atoms with Gasteiger partial charge >= 0.3 is 6.09 Å². The SMILES string of the molecule is COc1cc(C#CCCNC(=O)OCC2c3ccccc3-c3ccccc32)c(Cl)cc1N. The smallest absolute Gasteiger partial charge is 0.407 e. The number of ether oxygens (including phenoxy) is 2. The van der Waals surface area contributed by atoms with Crippen LogP contribution in [0.2, 0.25) is 5.02 Å². The zero-order chi connectivity index (χ0) is 22.5. The van der Waals surface area contributed by atoms with Gasteiger partial charge in [-0.2, -0.15) is 0 Å². The number of hydrogen-bond acceptors (Lipinski definition) is 4. The van der Waals surface area contributed by atoms with Crippen molar-refractivity contribution in [1.29, 1.82) is 0 Å². The van der Waals surface area contributed by atoms with Crippen LogP contribution in [-0.4, -0.2) is 26.4 Å². The number of anilines is 1. The number of halogens is 1. The molecular weight excluding hydrogens is 424 g/mol. The quantitative estimate of drug-likeness (QED) is 0.320. The second-order valence-corrected chi connectivity index (χ2v) is 7.79. The second kappa shape index (κ2) is 9.67. The fourth-order valence-electron chi connectivity index (χ4n) is 3.88. The van der Waals surface area contributed by atoms with Crippen molar-refractivity contribution < 1.29 is 14.3 Å². The summed E-state index contributed by atoms with van der Waals surface area (Å²) < 4.78 is 10.7. The van der Waals surface area contributed by atoms with Crippen LogP contribution in [0.3, 0.4) is 0 Å². The Kier molecular flexibility index (Phi) is 6.53. The lowest BCUT2D eigenvalue weighted by molar-refractivity contribution is 0.143. The number of nitrogens with two attached hydrogens (primary N) is 1. The van der Waals surface area contributed by atoms with Gasteiger partial charge in [-0.3, -0.25) is 0 Å². The summed E-state index contributed by atoms with van der Waals surface area (Å²) in [6.07, 6.45) is -0.00594. The van der Waals surface area contributed by atoms with E-state index in [1.165, 1.54) is 29.4 Å². The predicted molar refractivity (Wildman–Crippen MR) is 127 cm³/mol. The number of fused-ring (bicyclic) bond motifs is 3. The maximum atomic E-state index is 12.2. The monoisotopic (exact) mass is 446 g/mol. The van der Waals surface area contributed by atoms with Gasteiger partial charge in [0.2, 0.25) is 0 Å². The van der Waals surface area contributed by atoms with Gasteiger partial charge in [-0.15, -0.1) is 0 Å². The Morgan fingerprint density at radius 1 is 1.09 bits per heavy atom. The van der Waals surface area contributed by atoms with E-state index in [4.69, 9.17) is 26.8 Å². The van der Waals surface area contributed by atoms with Crippen LogP contribution in [0.1, 0.15) is 29.0 Å². The van der Waals surface area contributed by atoms with Crippen molar-refractivity contribution in [3.8, 4) is 28.7 Å². The van der Waals surface area contributed by atoms with Gasteiger partial charge in [0.05, 0.1) is 17.8 Å². The first-order valence-corrected chi connectivity index (χ1v) is 10.7. The molecule has 0 heterocycles. The number of hydrogen-bond donors (Lipinski definition) is 2. The number of alkyl carbamates (subject to hydrolysis) is 1. The molecule has 0 bridgehead atoms. The highest BCUT2D eigenvalue weighted by Crippen LogP contribution is 2.44. The molecule has 0 saturated heterocycles. The Labute approximate surface area is 192 Å². The molecule has 6 heteroatoms. The third-order valence-electron chi connectivity index (χ3n) is 5.41. The molecule has 1 aliphatic carbocycles. The molecule has 5 nitrogen and oxygen atoms in total. The van der Waals surface area contributed by atoms with Crippen molar-refractivity contribution in [2.75, 3.05) is 26.0 Å². The van der Waals surface area contributed by atoms with Gasteiger partial charge in [0.15, 0.2) is 0 Å². The molecule has 4 rings (SSSR count). The van der Waals surface area contributed by atoms with E-state index in [2.05, 4.69) is 41.4 Å². The molecule has 162 valence electrons. The lowest BCUT2D eigenvalue weighted by Crippen LogP contribution is -2.26. The molecule has 1 amide bonds. The summed E-state index contributed by atoms with van der Waals surface area (Å²) in [6.45, 7) is 0.653. The average molecular weight is 447 g/mol.